The number of hydrogen-bond acceptors (Lipinski definition) is 1. The van der Waals surface area contributed by atoms with Gasteiger partial charge in [-0.2, -0.15) is 0 Å². The Hall–Kier alpha value is -1.83. The predicted octanol–water partition coefficient (Wildman–Crippen LogP) is 5.71. The van der Waals surface area contributed by atoms with Crippen molar-refractivity contribution in [1.82, 2.24) is 4.98 Å². The predicted molar refractivity (Wildman–Crippen MR) is 87.1 cm³/mol. The van der Waals surface area contributed by atoms with E-state index in [2.05, 4.69) is 11.1 Å². The van der Waals surface area contributed by atoms with Gasteiger partial charge in [0.1, 0.15) is 0 Å². The summed E-state index contributed by atoms with van der Waals surface area (Å²) in [4.78, 5) is 4.35. The molecule has 20 heavy (non-hydrogen) atoms. The highest BCUT2D eigenvalue weighted by molar-refractivity contribution is 6.35. The number of halogens is 2. The molecule has 3 aromatic rings. The molecule has 1 nitrogen and oxygen atoms in total. The Bertz CT molecular complexity index is 789. The van der Waals surface area contributed by atoms with E-state index in [0.717, 1.165) is 22.0 Å². The zero-order valence-corrected chi connectivity index (χ0v) is 12.1. The van der Waals surface area contributed by atoms with Gasteiger partial charge < -0.3 is 0 Å². The summed E-state index contributed by atoms with van der Waals surface area (Å²) in [5.74, 6) is 0. The molecule has 0 spiro atoms. The molecule has 0 radical (unpaired) electrons. The zero-order chi connectivity index (χ0) is 13.9. The first-order valence-corrected chi connectivity index (χ1v) is 6.96. The van der Waals surface area contributed by atoms with Crippen LogP contribution in [0.4, 0.5) is 0 Å². The standard InChI is InChI=1S/C17H11Cl2N/c18-14-8-7-13(16(19)11-14)6-5-12-9-10-20-17-4-2-1-3-15(12)17/h1-11H/b6-5+. The molecular weight excluding hydrogens is 289 g/mol. The van der Waals surface area contributed by atoms with Gasteiger partial charge in [0.05, 0.1) is 5.52 Å². The monoisotopic (exact) mass is 299 g/mol. The van der Waals surface area contributed by atoms with Crippen molar-refractivity contribution in [3.8, 4) is 0 Å². The van der Waals surface area contributed by atoms with Crippen LogP contribution >= 0.6 is 23.2 Å². The summed E-state index contributed by atoms with van der Waals surface area (Å²) in [6, 6.07) is 15.5. The van der Waals surface area contributed by atoms with Crippen LogP contribution in [0.15, 0.2) is 54.7 Å². The lowest BCUT2D eigenvalue weighted by atomic mass is 10.1. The second-order valence-electron chi connectivity index (χ2n) is 4.42. The van der Waals surface area contributed by atoms with Gasteiger partial charge in [0.2, 0.25) is 0 Å². The zero-order valence-electron chi connectivity index (χ0n) is 10.6. The summed E-state index contributed by atoms with van der Waals surface area (Å²) in [5.41, 5.74) is 3.04. The lowest BCUT2D eigenvalue weighted by Gasteiger charge is -2.02. The molecule has 3 rings (SSSR count). The topological polar surface area (TPSA) is 12.9 Å². The van der Waals surface area contributed by atoms with Crippen LogP contribution in [-0.4, -0.2) is 4.98 Å². The van der Waals surface area contributed by atoms with Crippen molar-refractivity contribution in [3.63, 3.8) is 0 Å². The summed E-state index contributed by atoms with van der Waals surface area (Å²) in [7, 11) is 0. The Labute approximate surface area is 127 Å². The first-order chi connectivity index (χ1) is 9.74. The molecule has 0 saturated heterocycles. The molecule has 3 heteroatoms. The largest absolute Gasteiger partial charge is 0.256 e. The normalized spacial score (nSPS) is 11.3. The Balaban J connectivity index is 2.02. The molecule has 0 bridgehead atoms. The second kappa shape index (κ2) is 5.66. The van der Waals surface area contributed by atoms with Crippen LogP contribution in [0.5, 0.6) is 0 Å². The highest BCUT2D eigenvalue weighted by Crippen LogP contribution is 2.24. The number of hydrogen-bond donors (Lipinski definition) is 0. The van der Waals surface area contributed by atoms with Gasteiger partial charge in [-0.3, -0.25) is 4.98 Å². The molecule has 2 aromatic carbocycles. The fourth-order valence-corrected chi connectivity index (χ4v) is 2.55. The smallest absolute Gasteiger partial charge is 0.0707 e. The second-order valence-corrected chi connectivity index (χ2v) is 5.26. The molecule has 0 amide bonds. The summed E-state index contributed by atoms with van der Waals surface area (Å²) in [5, 5.41) is 2.41. The average molecular weight is 300 g/mol. The molecule has 0 atom stereocenters. The fourth-order valence-electron chi connectivity index (χ4n) is 2.08. The molecule has 1 aromatic heterocycles. The van der Waals surface area contributed by atoms with E-state index in [4.69, 9.17) is 23.2 Å². The Kier molecular flexibility index (Phi) is 3.72. The van der Waals surface area contributed by atoms with Crippen LogP contribution < -0.4 is 0 Å². The van der Waals surface area contributed by atoms with Crippen molar-refractivity contribution in [1.29, 1.82) is 0 Å². The van der Waals surface area contributed by atoms with E-state index in [-0.39, 0.29) is 0 Å². The van der Waals surface area contributed by atoms with Crippen LogP contribution in [0.1, 0.15) is 11.1 Å². The third kappa shape index (κ3) is 2.69. The number of benzene rings is 2. The highest BCUT2D eigenvalue weighted by Gasteiger charge is 2.00. The molecule has 0 aliphatic heterocycles. The SMILES string of the molecule is Clc1ccc(/C=C/c2ccnc3ccccc23)c(Cl)c1. The number of para-hydroxylation sites is 1. The van der Waals surface area contributed by atoms with Gasteiger partial charge in [-0.25, -0.2) is 0 Å². The van der Waals surface area contributed by atoms with Crippen molar-refractivity contribution < 1.29 is 0 Å². The lowest BCUT2D eigenvalue weighted by Crippen LogP contribution is -1.82. The van der Waals surface area contributed by atoms with Gasteiger partial charge >= 0.3 is 0 Å². The maximum Gasteiger partial charge on any atom is 0.0707 e. The molecule has 98 valence electrons. The molecule has 0 saturated carbocycles. The molecule has 0 fully saturated rings. The minimum Gasteiger partial charge on any atom is -0.256 e. The van der Waals surface area contributed by atoms with E-state index in [0.29, 0.717) is 10.0 Å². The number of rotatable bonds is 2. The number of pyridine rings is 1. The van der Waals surface area contributed by atoms with Crippen LogP contribution in [0.3, 0.4) is 0 Å². The number of fused-ring (bicyclic) bond motifs is 1. The van der Waals surface area contributed by atoms with Crippen molar-refractivity contribution in [2.24, 2.45) is 0 Å². The Morgan fingerprint density at radius 1 is 0.850 bits per heavy atom. The quantitative estimate of drug-likeness (QED) is 0.590. The molecule has 0 N–H and O–H groups in total. The van der Waals surface area contributed by atoms with Crippen LogP contribution in [0.25, 0.3) is 23.1 Å². The summed E-state index contributed by atoms with van der Waals surface area (Å²) in [6.07, 6.45) is 5.84. The average Bonchev–Trinajstić information content (AvgIpc) is 2.46. The molecular formula is C17H11Cl2N. The van der Waals surface area contributed by atoms with Gasteiger partial charge in [0, 0.05) is 21.6 Å². The maximum absolute atomic E-state index is 6.17. The van der Waals surface area contributed by atoms with Crippen molar-refractivity contribution in [3.05, 3.63) is 75.9 Å². The van der Waals surface area contributed by atoms with Gasteiger partial charge in [-0.1, -0.05) is 59.6 Å². The van der Waals surface area contributed by atoms with Crippen LogP contribution in [-0.2, 0) is 0 Å². The molecule has 0 aliphatic rings. The van der Waals surface area contributed by atoms with E-state index >= 15 is 0 Å². The minimum absolute atomic E-state index is 0.640. The summed E-state index contributed by atoms with van der Waals surface area (Å²) >= 11 is 12.1. The third-order valence-electron chi connectivity index (χ3n) is 3.09. The third-order valence-corrected chi connectivity index (χ3v) is 3.65. The maximum atomic E-state index is 6.17. The number of nitrogens with zero attached hydrogens (tertiary/aromatic N) is 1. The van der Waals surface area contributed by atoms with Crippen molar-refractivity contribution in [2.45, 2.75) is 0 Å². The van der Waals surface area contributed by atoms with E-state index in [1.807, 2.05) is 54.7 Å². The molecule has 0 aliphatic carbocycles. The van der Waals surface area contributed by atoms with Gasteiger partial charge in [0.25, 0.3) is 0 Å². The van der Waals surface area contributed by atoms with Crippen molar-refractivity contribution >= 4 is 46.3 Å². The highest BCUT2D eigenvalue weighted by atomic mass is 35.5. The molecule has 1 heterocycles. The fraction of sp³-hybridized carbons (Fsp3) is 0. The van der Waals surface area contributed by atoms with Gasteiger partial charge in [-0.15, -0.1) is 0 Å². The van der Waals surface area contributed by atoms with Gasteiger partial charge in [0.15, 0.2) is 0 Å². The first kappa shape index (κ1) is 13.2. The Morgan fingerprint density at radius 2 is 1.65 bits per heavy atom. The van der Waals surface area contributed by atoms with E-state index in [1.165, 1.54) is 0 Å². The lowest BCUT2D eigenvalue weighted by molar-refractivity contribution is 1.41. The Morgan fingerprint density at radius 3 is 2.50 bits per heavy atom. The van der Waals surface area contributed by atoms with Crippen molar-refractivity contribution in [2.75, 3.05) is 0 Å². The van der Waals surface area contributed by atoms with Gasteiger partial charge in [-0.05, 0) is 35.4 Å². The van der Waals surface area contributed by atoms with E-state index in [1.54, 1.807) is 6.07 Å². The minimum atomic E-state index is 0.640. The number of aromatic nitrogens is 1. The molecule has 0 unspecified atom stereocenters. The van der Waals surface area contributed by atoms with E-state index in [9.17, 15) is 0 Å². The van der Waals surface area contributed by atoms with E-state index < -0.39 is 0 Å². The first-order valence-electron chi connectivity index (χ1n) is 6.21. The van der Waals surface area contributed by atoms with Crippen LogP contribution in [0, 0.1) is 0 Å². The summed E-state index contributed by atoms with van der Waals surface area (Å²) < 4.78 is 0. The van der Waals surface area contributed by atoms with Crippen LogP contribution in [0.2, 0.25) is 10.0 Å². The summed E-state index contributed by atoms with van der Waals surface area (Å²) in [6.45, 7) is 0.